The van der Waals surface area contributed by atoms with Crippen molar-refractivity contribution >= 4 is 34.0 Å². The van der Waals surface area contributed by atoms with Gasteiger partial charge in [-0.3, -0.25) is 4.79 Å². The molecular formula is C14H11BrOS. The first-order valence-electron chi connectivity index (χ1n) is 5.20. The van der Waals surface area contributed by atoms with E-state index in [1.165, 1.54) is 5.56 Å². The van der Waals surface area contributed by atoms with E-state index in [0.717, 1.165) is 27.0 Å². The van der Waals surface area contributed by atoms with Gasteiger partial charge in [-0.05, 0) is 29.8 Å². The standard InChI is InChI=1S/C14H11BrOS/c15-13-6-4-11(5-7-13)10-17-14-3-1-2-12(8-14)9-16/h1-9H,10H2. The number of hydrogen-bond acceptors (Lipinski definition) is 2. The van der Waals surface area contributed by atoms with Crippen molar-refractivity contribution in [3.8, 4) is 0 Å². The Morgan fingerprint density at radius 2 is 1.88 bits per heavy atom. The minimum absolute atomic E-state index is 0.728. The number of rotatable bonds is 4. The van der Waals surface area contributed by atoms with E-state index in [1.807, 2.05) is 36.4 Å². The van der Waals surface area contributed by atoms with Gasteiger partial charge in [-0.25, -0.2) is 0 Å². The van der Waals surface area contributed by atoms with Crippen molar-refractivity contribution in [1.29, 1.82) is 0 Å². The fourth-order valence-electron chi connectivity index (χ4n) is 1.42. The zero-order valence-electron chi connectivity index (χ0n) is 9.10. The van der Waals surface area contributed by atoms with Gasteiger partial charge in [0.1, 0.15) is 6.29 Å². The molecule has 0 amide bonds. The van der Waals surface area contributed by atoms with Crippen LogP contribution in [-0.4, -0.2) is 6.29 Å². The zero-order valence-corrected chi connectivity index (χ0v) is 11.5. The molecular weight excluding hydrogens is 296 g/mol. The smallest absolute Gasteiger partial charge is 0.150 e. The van der Waals surface area contributed by atoms with E-state index in [0.29, 0.717) is 0 Å². The molecule has 0 saturated heterocycles. The van der Waals surface area contributed by atoms with Crippen molar-refractivity contribution in [3.63, 3.8) is 0 Å². The Balaban J connectivity index is 2.01. The predicted molar refractivity (Wildman–Crippen MR) is 75.5 cm³/mol. The van der Waals surface area contributed by atoms with Crippen molar-refractivity contribution in [1.82, 2.24) is 0 Å². The molecule has 2 aromatic carbocycles. The molecule has 0 aliphatic rings. The van der Waals surface area contributed by atoms with Crippen molar-refractivity contribution in [2.75, 3.05) is 0 Å². The van der Waals surface area contributed by atoms with Crippen molar-refractivity contribution < 1.29 is 4.79 Å². The van der Waals surface area contributed by atoms with Gasteiger partial charge in [-0.2, -0.15) is 0 Å². The third kappa shape index (κ3) is 3.72. The molecule has 0 aromatic heterocycles. The second-order valence-electron chi connectivity index (χ2n) is 3.61. The maximum atomic E-state index is 10.7. The van der Waals surface area contributed by atoms with Crippen LogP contribution in [0.1, 0.15) is 15.9 Å². The van der Waals surface area contributed by atoms with E-state index in [2.05, 4.69) is 28.1 Å². The van der Waals surface area contributed by atoms with Crippen LogP contribution in [0.5, 0.6) is 0 Å². The lowest BCUT2D eigenvalue weighted by atomic mass is 10.2. The number of hydrogen-bond donors (Lipinski definition) is 0. The van der Waals surface area contributed by atoms with Gasteiger partial charge in [0.15, 0.2) is 0 Å². The Hall–Kier alpha value is -1.06. The average molecular weight is 307 g/mol. The highest BCUT2D eigenvalue weighted by atomic mass is 79.9. The number of carbonyl (C=O) groups excluding carboxylic acids is 1. The van der Waals surface area contributed by atoms with Gasteiger partial charge >= 0.3 is 0 Å². The normalized spacial score (nSPS) is 10.2. The quantitative estimate of drug-likeness (QED) is 0.609. The van der Waals surface area contributed by atoms with Crippen LogP contribution in [0.25, 0.3) is 0 Å². The van der Waals surface area contributed by atoms with E-state index in [4.69, 9.17) is 0 Å². The maximum absolute atomic E-state index is 10.7. The number of carbonyl (C=O) groups is 1. The van der Waals surface area contributed by atoms with Crippen LogP contribution in [-0.2, 0) is 5.75 Å². The molecule has 17 heavy (non-hydrogen) atoms. The molecule has 2 aromatic rings. The maximum Gasteiger partial charge on any atom is 0.150 e. The Morgan fingerprint density at radius 1 is 1.12 bits per heavy atom. The van der Waals surface area contributed by atoms with Gasteiger partial charge < -0.3 is 0 Å². The first-order valence-corrected chi connectivity index (χ1v) is 6.98. The minimum Gasteiger partial charge on any atom is -0.298 e. The number of aldehydes is 1. The second kappa shape index (κ2) is 6.03. The summed E-state index contributed by atoms with van der Waals surface area (Å²) in [7, 11) is 0. The number of halogens is 1. The molecule has 0 aliphatic carbocycles. The van der Waals surface area contributed by atoms with E-state index < -0.39 is 0 Å². The van der Waals surface area contributed by atoms with E-state index in [1.54, 1.807) is 11.8 Å². The molecule has 0 heterocycles. The van der Waals surface area contributed by atoms with Crippen LogP contribution < -0.4 is 0 Å². The predicted octanol–water partition coefficient (Wildman–Crippen LogP) is 4.55. The molecule has 0 fully saturated rings. The van der Waals surface area contributed by atoms with Gasteiger partial charge in [0.05, 0.1) is 0 Å². The zero-order chi connectivity index (χ0) is 12.1. The molecule has 2 rings (SSSR count). The summed E-state index contributed by atoms with van der Waals surface area (Å²) in [6, 6.07) is 15.9. The summed E-state index contributed by atoms with van der Waals surface area (Å²) < 4.78 is 1.09. The van der Waals surface area contributed by atoms with Crippen LogP contribution in [0.4, 0.5) is 0 Å². The third-order valence-corrected chi connectivity index (χ3v) is 3.91. The van der Waals surface area contributed by atoms with Crippen LogP contribution in [0, 0.1) is 0 Å². The van der Waals surface area contributed by atoms with Crippen molar-refractivity contribution in [2.45, 2.75) is 10.6 Å². The van der Waals surface area contributed by atoms with E-state index in [9.17, 15) is 4.79 Å². The molecule has 0 unspecified atom stereocenters. The molecule has 0 saturated carbocycles. The van der Waals surface area contributed by atoms with E-state index >= 15 is 0 Å². The molecule has 0 N–H and O–H groups in total. The van der Waals surface area contributed by atoms with Crippen LogP contribution in [0.15, 0.2) is 57.9 Å². The van der Waals surface area contributed by atoms with Crippen molar-refractivity contribution in [2.24, 2.45) is 0 Å². The SMILES string of the molecule is O=Cc1cccc(SCc2ccc(Br)cc2)c1. The fraction of sp³-hybridized carbons (Fsp3) is 0.0714. The summed E-state index contributed by atoms with van der Waals surface area (Å²) in [6.07, 6.45) is 0.879. The van der Waals surface area contributed by atoms with Crippen LogP contribution in [0.3, 0.4) is 0 Å². The molecule has 0 spiro atoms. The fourth-order valence-corrected chi connectivity index (χ4v) is 2.61. The summed E-state index contributed by atoms with van der Waals surface area (Å²) in [5.74, 6) is 0.912. The molecule has 0 bridgehead atoms. The Morgan fingerprint density at radius 3 is 2.59 bits per heavy atom. The lowest BCUT2D eigenvalue weighted by Gasteiger charge is -2.03. The van der Waals surface area contributed by atoms with Gasteiger partial charge in [0.2, 0.25) is 0 Å². The average Bonchev–Trinajstić information content (AvgIpc) is 2.38. The topological polar surface area (TPSA) is 17.1 Å². The van der Waals surface area contributed by atoms with Crippen LogP contribution in [0.2, 0.25) is 0 Å². The first-order chi connectivity index (χ1) is 8.28. The largest absolute Gasteiger partial charge is 0.298 e. The minimum atomic E-state index is 0.728. The highest BCUT2D eigenvalue weighted by molar-refractivity contribution is 9.10. The van der Waals surface area contributed by atoms with Gasteiger partial charge in [0, 0.05) is 20.7 Å². The molecule has 0 atom stereocenters. The number of thioether (sulfide) groups is 1. The molecule has 0 radical (unpaired) electrons. The Labute approximate surface area is 113 Å². The summed E-state index contributed by atoms with van der Waals surface area (Å²) in [5.41, 5.74) is 2.00. The lowest BCUT2D eigenvalue weighted by molar-refractivity contribution is 0.112. The van der Waals surface area contributed by atoms with Gasteiger partial charge in [0.25, 0.3) is 0 Å². The van der Waals surface area contributed by atoms with Gasteiger partial charge in [-0.1, -0.05) is 40.2 Å². The van der Waals surface area contributed by atoms with E-state index in [-0.39, 0.29) is 0 Å². The Bertz CT molecular complexity index is 508. The van der Waals surface area contributed by atoms with Crippen LogP contribution >= 0.6 is 27.7 Å². The summed E-state index contributed by atoms with van der Waals surface area (Å²) in [4.78, 5) is 11.8. The highest BCUT2D eigenvalue weighted by Crippen LogP contribution is 2.24. The van der Waals surface area contributed by atoms with Crippen molar-refractivity contribution in [3.05, 3.63) is 64.1 Å². The molecule has 0 aliphatic heterocycles. The first kappa shape index (κ1) is 12.4. The monoisotopic (exact) mass is 306 g/mol. The summed E-state index contributed by atoms with van der Waals surface area (Å²) in [6.45, 7) is 0. The third-order valence-electron chi connectivity index (χ3n) is 2.31. The molecule has 3 heteroatoms. The lowest BCUT2D eigenvalue weighted by Crippen LogP contribution is -1.82. The molecule has 86 valence electrons. The summed E-state index contributed by atoms with van der Waals surface area (Å²) >= 11 is 5.15. The second-order valence-corrected chi connectivity index (χ2v) is 5.57. The molecule has 1 nitrogen and oxygen atoms in total. The van der Waals surface area contributed by atoms with Gasteiger partial charge in [-0.15, -0.1) is 11.8 Å². The number of benzene rings is 2. The highest BCUT2D eigenvalue weighted by Gasteiger charge is 1.98. The Kier molecular flexibility index (Phi) is 4.40. The summed E-state index contributed by atoms with van der Waals surface area (Å²) in [5, 5.41) is 0.